The van der Waals surface area contributed by atoms with Crippen LogP contribution in [0.1, 0.15) is 30.5 Å². The van der Waals surface area contributed by atoms with E-state index in [1.54, 1.807) is 0 Å². The third-order valence-corrected chi connectivity index (χ3v) is 3.20. The first-order chi connectivity index (χ1) is 9.22. The Morgan fingerprint density at radius 1 is 0.947 bits per heavy atom. The molecule has 1 nitrogen and oxygen atoms in total. The summed E-state index contributed by atoms with van der Waals surface area (Å²) in [4.78, 5) is 0. The van der Waals surface area contributed by atoms with Gasteiger partial charge in [0.2, 0.25) is 0 Å². The van der Waals surface area contributed by atoms with Crippen molar-refractivity contribution in [1.29, 1.82) is 0 Å². The summed E-state index contributed by atoms with van der Waals surface area (Å²) in [5, 5.41) is 3.20. The SMILES string of the molecule is CCC(NCc1c(F)cccc1F)c1ccccc1. The van der Waals surface area contributed by atoms with Crippen molar-refractivity contribution in [2.75, 3.05) is 0 Å². The van der Waals surface area contributed by atoms with Gasteiger partial charge in [-0.3, -0.25) is 0 Å². The maximum absolute atomic E-state index is 13.5. The fourth-order valence-electron chi connectivity index (χ4n) is 2.11. The van der Waals surface area contributed by atoms with E-state index in [9.17, 15) is 8.78 Å². The topological polar surface area (TPSA) is 12.0 Å². The third-order valence-electron chi connectivity index (χ3n) is 3.20. The highest BCUT2D eigenvalue weighted by atomic mass is 19.1. The average Bonchev–Trinajstić information content (AvgIpc) is 2.43. The smallest absolute Gasteiger partial charge is 0.130 e. The van der Waals surface area contributed by atoms with E-state index in [1.807, 2.05) is 37.3 Å². The van der Waals surface area contributed by atoms with Crippen LogP contribution in [0.2, 0.25) is 0 Å². The van der Waals surface area contributed by atoms with Crippen molar-refractivity contribution < 1.29 is 8.78 Å². The molecular weight excluding hydrogens is 244 g/mol. The van der Waals surface area contributed by atoms with Gasteiger partial charge in [-0.25, -0.2) is 8.78 Å². The summed E-state index contributed by atoms with van der Waals surface area (Å²) in [6.45, 7) is 2.23. The molecule has 1 N–H and O–H groups in total. The molecule has 2 rings (SSSR count). The first-order valence-electron chi connectivity index (χ1n) is 6.43. The molecular formula is C16H17F2N. The summed E-state index contributed by atoms with van der Waals surface area (Å²) >= 11 is 0. The van der Waals surface area contributed by atoms with Crippen molar-refractivity contribution in [1.82, 2.24) is 5.32 Å². The molecule has 0 aliphatic rings. The highest BCUT2D eigenvalue weighted by Crippen LogP contribution is 2.18. The number of rotatable bonds is 5. The highest BCUT2D eigenvalue weighted by molar-refractivity contribution is 5.21. The number of nitrogens with one attached hydrogen (secondary N) is 1. The number of hydrogen-bond donors (Lipinski definition) is 1. The minimum Gasteiger partial charge on any atom is -0.306 e. The molecule has 3 heteroatoms. The van der Waals surface area contributed by atoms with Gasteiger partial charge in [0.15, 0.2) is 0 Å². The van der Waals surface area contributed by atoms with Crippen LogP contribution in [0.3, 0.4) is 0 Å². The highest BCUT2D eigenvalue weighted by Gasteiger charge is 2.12. The van der Waals surface area contributed by atoms with Gasteiger partial charge in [0.1, 0.15) is 11.6 Å². The molecule has 2 aromatic rings. The van der Waals surface area contributed by atoms with E-state index in [1.165, 1.54) is 18.2 Å². The zero-order valence-electron chi connectivity index (χ0n) is 10.9. The Labute approximate surface area is 112 Å². The van der Waals surface area contributed by atoms with Gasteiger partial charge >= 0.3 is 0 Å². The summed E-state index contributed by atoms with van der Waals surface area (Å²) in [6.07, 6.45) is 0.861. The van der Waals surface area contributed by atoms with Gasteiger partial charge in [0, 0.05) is 18.2 Å². The second-order valence-electron chi connectivity index (χ2n) is 4.45. The van der Waals surface area contributed by atoms with E-state index < -0.39 is 11.6 Å². The van der Waals surface area contributed by atoms with Crippen molar-refractivity contribution in [2.24, 2.45) is 0 Å². The van der Waals surface area contributed by atoms with Crippen LogP contribution in [0.15, 0.2) is 48.5 Å². The molecule has 0 amide bonds. The summed E-state index contributed by atoms with van der Waals surface area (Å²) < 4.78 is 27.1. The van der Waals surface area contributed by atoms with Crippen molar-refractivity contribution >= 4 is 0 Å². The lowest BCUT2D eigenvalue weighted by atomic mass is 10.0. The quantitative estimate of drug-likeness (QED) is 0.850. The Balaban J connectivity index is 2.09. The maximum Gasteiger partial charge on any atom is 0.130 e. The van der Waals surface area contributed by atoms with Crippen molar-refractivity contribution in [3.8, 4) is 0 Å². The fraction of sp³-hybridized carbons (Fsp3) is 0.250. The molecule has 0 saturated heterocycles. The van der Waals surface area contributed by atoms with Gasteiger partial charge in [-0.1, -0.05) is 43.3 Å². The van der Waals surface area contributed by atoms with Crippen LogP contribution in [-0.4, -0.2) is 0 Å². The lowest BCUT2D eigenvalue weighted by Gasteiger charge is -2.18. The summed E-state index contributed by atoms with van der Waals surface area (Å²) in [5.41, 5.74) is 1.22. The third kappa shape index (κ3) is 3.38. The normalized spacial score (nSPS) is 12.4. The molecule has 1 atom stereocenters. The molecule has 0 heterocycles. The predicted molar refractivity (Wildman–Crippen MR) is 72.7 cm³/mol. The average molecular weight is 261 g/mol. The molecule has 0 fully saturated rings. The summed E-state index contributed by atoms with van der Waals surface area (Å²) in [7, 11) is 0. The molecule has 0 aliphatic carbocycles. The molecule has 100 valence electrons. The maximum atomic E-state index is 13.5. The van der Waals surface area contributed by atoms with Crippen LogP contribution in [0.5, 0.6) is 0 Å². The van der Waals surface area contributed by atoms with Gasteiger partial charge < -0.3 is 5.32 Å². The molecule has 2 aromatic carbocycles. The van der Waals surface area contributed by atoms with Crippen LogP contribution >= 0.6 is 0 Å². The Hall–Kier alpha value is -1.74. The van der Waals surface area contributed by atoms with E-state index in [0.29, 0.717) is 0 Å². The van der Waals surface area contributed by atoms with Crippen LogP contribution in [0.4, 0.5) is 8.78 Å². The molecule has 19 heavy (non-hydrogen) atoms. The second-order valence-corrected chi connectivity index (χ2v) is 4.45. The zero-order valence-corrected chi connectivity index (χ0v) is 10.9. The lowest BCUT2D eigenvalue weighted by Crippen LogP contribution is -2.21. The largest absolute Gasteiger partial charge is 0.306 e. The lowest BCUT2D eigenvalue weighted by molar-refractivity contribution is 0.483. The minimum atomic E-state index is -0.504. The van der Waals surface area contributed by atoms with E-state index in [0.717, 1.165) is 12.0 Å². The summed E-state index contributed by atoms with van der Waals surface area (Å²) in [5.74, 6) is -1.01. The van der Waals surface area contributed by atoms with Crippen molar-refractivity contribution in [3.63, 3.8) is 0 Å². The van der Waals surface area contributed by atoms with Crippen LogP contribution in [0.25, 0.3) is 0 Å². The van der Waals surface area contributed by atoms with E-state index in [-0.39, 0.29) is 18.2 Å². The van der Waals surface area contributed by atoms with Crippen molar-refractivity contribution in [2.45, 2.75) is 25.9 Å². The Morgan fingerprint density at radius 2 is 1.58 bits per heavy atom. The van der Waals surface area contributed by atoms with Crippen LogP contribution in [-0.2, 0) is 6.54 Å². The van der Waals surface area contributed by atoms with Gasteiger partial charge in [-0.2, -0.15) is 0 Å². The Kier molecular flexibility index (Phi) is 4.63. The second kappa shape index (κ2) is 6.43. The fourth-order valence-corrected chi connectivity index (χ4v) is 2.11. The van der Waals surface area contributed by atoms with Gasteiger partial charge in [-0.15, -0.1) is 0 Å². The molecule has 0 bridgehead atoms. The first kappa shape index (κ1) is 13.7. The molecule has 0 spiro atoms. The zero-order chi connectivity index (χ0) is 13.7. The molecule has 1 unspecified atom stereocenters. The standard InChI is InChI=1S/C16H17F2N/c1-2-16(12-7-4-3-5-8-12)19-11-13-14(17)9-6-10-15(13)18/h3-10,16,19H,2,11H2,1H3. The Bertz CT molecular complexity index is 505. The Morgan fingerprint density at radius 3 is 2.16 bits per heavy atom. The van der Waals surface area contributed by atoms with Crippen LogP contribution in [0, 0.1) is 11.6 Å². The first-order valence-corrected chi connectivity index (χ1v) is 6.43. The van der Waals surface area contributed by atoms with Gasteiger partial charge in [0.05, 0.1) is 0 Å². The predicted octanol–water partition coefficient (Wildman–Crippen LogP) is 4.21. The van der Waals surface area contributed by atoms with E-state index in [4.69, 9.17) is 0 Å². The minimum absolute atomic E-state index is 0.0943. The van der Waals surface area contributed by atoms with Gasteiger partial charge in [-0.05, 0) is 24.1 Å². The van der Waals surface area contributed by atoms with Crippen LogP contribution < -0.4 is 5.32 Å². The number of hydrogen-bond acceptors (Lipinski definition) is 1. The molecule has 0 aliphatic heterocycles. The number of halogens is 2. The van der Waals surface area contributed by atoms with E-state index in [2.05, 4.69) is 5.32 Å². The molecule has 0 saturated carbocycles. The molecule has 0 radical (unpaired) electrons. The number of benzene rings is 2. The summed E-state index contributed by atoms with van der Waals surface area (Å²) in [6, 6.07) is 13.9. The monoisotopic (exact) mass is 261 g/mol. The van der Waals surface area contributed by atoms with Gasteiger partial charge in [0.25, 0.3) is 0 Å². The van der Waals surface area contributed by atoms with E-state index >= 15 is 0 Å². The molecule has 0 aromatic heterocycles. The van der Waals surface area contributed by atoms with Crippen molar-refractivity contribution in [3.05, 3.63) is 71.3 Å².